The summed E-state index contributed by atoms with van der Waals surface area (Å²) in [5, 5.41) is 2.48. The molecule has 0 aliphatic carbocycles. The normalized spacial score (nSPS) is 11.5. The summed E-state index contributed by atoms with van der Waals surface area (Å²) in [5.74, 6) is -0.313. The quantitative estimate of drug-likeness (QED) is 0.350. The average Bonchev–Trinajstić information content (AvgIpc) is 3.25. The van der Waals surface area contributed by atoms with E-state index in [4.69, 9.17) is 4.74 Å². The zero-order valence-corrected chi connectivity index (χ0v) is 19.6. The topological polar surface area (TPSA) is 55.3 Å². The number of carbonyl (C=O) groups is 1. The molecule has 5 nitrogen and oxygen atoms in total. The molecule has 0 saturated carbocycles. The molecule has 0 bridgehead atoms. The number of alkyl halides is 3. The highest BCUT2D eigenvalue weighted by atomic mass is 32.1. The maximum Gasteiger partial charge on any atom is 0.419 e. The van der Waals surface area contributed by atoms with Crippen molar-refractivity contribution in [1.82, 2.24) is 14.9 Å². The maximum atomic E-state index is 13.6. The molecule has 0 atom stereocenters. The SMILES string of the molecule is CCCCCOc1ccc(Cc2nc(-c3cncc(C(=O)N(C)C)c3)cs2)cc1C(F)(F)F. The number of unbranched alkanes of at least 4 members (excludes halogenated alkanes) is 2. The Hall–Kier alpha value is -2.94. The summed E-state index contributed by atoms with van der Waals surface area (Å²) in [4.78, 5) is 22.3. The molecule has 2 aromatic heterocycles. The van der Waals surface area contributed by atoms with Crippen LogP contribution in [-0.2, 0) is 12.6 Å². The number of halogens is 3. The van der Waals surface area contributed by atoms with Crippen LogP contribution in [-0.4, -0.2) is 41.5 Å². The molecule has 0 fully saturated rings. The molecule has 2 heterocycles. The molecule has 1 amide bonds. The minimum atomic E-state index is -4.50. The van der Waals surface area contributed by atoms with E-state index in [9.17, 15) is 18.0 Å². The summed E-state index contributed by atoms with van der Waals surface area (Å²) < 4.78 is 46.2. The molecule has 0 saturated heterocycles. The summed E-state index contributed by atoms with van der Waals surface area (Å²) >= 11 is 1.35. The Kier molecular flexibility index (Phi) is 8.07. The van der Waals surface area contributed by atoms with E-state index in [1.807, 2.05) is 12.3 Å². The van der Waals surface area contributed by atoms with Gasteiger partial charge in [-0.05, 0) is 30.2 Å². The van der Waals surface area contributed by atoms with Gasteiger partial charge in [-0.2, -0.15) is 13.2 Å². The predicted octanol–water partition coefficient (Wildman–Crippen LogP) is 6.09. The van der Waals surface area contributed by atoms with Gasteiger partial charge in [0, 0.05) is 43.9 Å². The first-order valence-electron chi connectivity index (χ1n) is 10.6. The summed E-state index contributed by atoms with van der Waals surface area (Å²) in [7, 11) is 3.32. The number of benzene rings is 1. The average molecular weight is 478 g/mol. The monoisotopic (exact) mass is 477 g/mol. The summed E-state index contributed by atoms with van der Waals surface area (Å²) in [6.45, 7) is 2.28. The Morgan fingerprint density at radius 3 is 2.64 bits per heavy atom. The molecular formula is C24H26F3N3O2S. The van der Waals surface area contributed by atoms with Gasteiger partial charge in [-0.1, -0.05) is 25.8 Å². The van der Waals surface area contributed by atoms with Crippen LogP contribution in [0, 0.1) is 0 Å². The van der Waals surface area contributed by atoms with Crippen molar-refractivity contribution in [2.24, 2.45) is 0 Å². The van der Waals surface area contributed by atoms with E-state index in [0.29, 0.717) is 33.8 Å². The van der Waals surface area contributed by atoms with Crippen molar-refractivity contribution in [1.29, 1.82) is 0 Å². The van der Waals surface area contributed by atoms with Crippen molar-refractivity contribution in [3.05, 3.63) is 63.7 Å². The van der Waals surface area contributed by atoms with Gasteiger partial charge in [0.05, 0.1) is 28.4 Å². The molecule has 33 heavy (non-hydrogen) atoms. The molecule has 3 rings (SSSR count). The van der Waals surface area contributed by atoms with Gasteiger partial charge >= 0.3 is 6.18 Å². The Bertz CT molecular complexity index is 1100. The van der Waals surface area contributed by atoms with Crippen molar-refractivity contribution in [3.63, 3.8) is 0 Å². The van der Waals surface area contributed by atoms with Crippen LogP contribution in [0.3, 0.4) is 0 Å². The van der Waals surface area contributed by atoms with Crippen LogP contribution in [0.5, 0.6) is 5.75 Å². The molecule has 0 spiro atoms. The van der Waals surface area contributed by atoms with E-state index in [2.05, 4.69) is 9.97 Å². The number of hydrogen-bond acceptors (Lipinski definition) is 5. The van der Waals surface area contributed by atoms with Crippen LogP contribution < -0.4 is 4.74 Å². The first-order chi connectivity index (χ1) is 15.7. The van der Waals surface area contributed by atoms with E-state index in [1.54, 1.807) is 32.4 Å². The molecule has 0 unspecified atom stereocenters. The van der Waals surface area contributed by atoms with E-state index >= 15 is 0 Å². The number of nitrogens with zero attached hydrogens (tertiary/aromatic N) is 3. The zero-order valence-electron chi connectivity index (χ0n) is 18.8. The van der Waals surface area contributed by atoms with Crippen LogP contribution in [0.1, 0.15) is 52.7 Å². The number of rotatable bonds is 9. The fraction of sp³-hybridized carbons (Fsp3) is 0.375. The fourth-order valence-electron chi connectivity index (χ4n) is 3.22. The molecule has 0 radical (unpaired) electrons. The lowest BCUT2D eigenvalue weighted by atomic mass is 10.1. The Labute approximate surface area is 195 Å². The van der Waals surface area contributed by atoms with Gasteiger partial charge in [0.2, 0.25) is 0 Å². The van der Waals surface area contributed by atoms with Gasteiger partial charge < -0.3 is 9.64 Å². The van der Waals surface area contributed by atoms with Crippen LogP contribution in [0.25, 0.3) is 11.3 Å². The number of amides is 1. The smallest absolute Gasteiger partial charge is 0.419 e. The third-order valence-corrected chi connectivity index (χ3v) is 5.80. The van der Waals surface area contributed by atoms with E-state index in [1.165, 1.54) is 28.5 Å². The third kappa shape index (κ3) is 6.54. The molecule has 9 heteroatoms. The van der Waals surface area contributed by atoms with Gasteiger partial charge in [0.15, 0.2) is 0 Å². The molecule has 1 aromatic carbocycles. The highest BCUT2D eigenvalue weighted by Gasteiger charge is 2.34. The van der Waals surface area contributed by atoms with Crippen molar-refractivity contribution >= 4 is 17.2 Å². The lowest BCUT2D eigenvalue weighted by Gasteiger charge is -2.15. The summed E-state index contributed by atoms with van der Waals surface area (Å²) in [6, 6.07) is 5.87. The molecule has 0 N–H and O–H groups in total. The largest absolute Gasteiger partial charge is 0.493 e. The van der Waals surface area contributed by atoms with E-state index in [-0.39, 0.29) is 24.7 Å². The number of hydrogen-bond donors (Lipinski definition) is 0. The van der Waals surface area contributed by atoms with Gasteiger partial charge in [-0.15, -0.1) is 11.3 Å². The lowest BCUT2D eigenvalue weighted by molar-refractivity contribution is -0.139. The van der Waals surface area contributed by atoms with Crippen LogP contribution in [0.2, 0.25) is 0 Å². The van der Waals surface area contributed by atoms with Gasteiger partial charge in [-0.3, -0.25) is 9.78 Å². The highest BCUT2D eigenvalue weighted by molar-refractivity contribution is 7.10. The van der Waals surface area contributed by atoms with E-state index < -0.39 is 11.7 Å². The van der Waals surface area contributed by atoms with E-state index in [0.717, 1.165) is 18.9 Å². The number of carbonyl (C=O) groups excluding carboxylic acids is 1. The van der Waals surface area contributed by atoms with Crippen molar-refractivity contribution < 1.29 is 22.7 Å². The van der Waals surface area contributed by atoms with Crippen molar-refractivity contribution in [2.75, 3.05) is 20.7 Å². The van der Waals surface area contributed by atoms with Gasteiger partial charge in [-0.25, -0.2) is 4.98 Å². The third-order valence-electron chi connectivity index (χ3n) is 4.95. The minimum Gasteiger partial charge on any atom is -0.493 e. The number of aromatic nitrogens is 2. The summed E-state index contributed by atoms with van der Waals surface area (Å²) in [5.41, 5.74) is 1.47. The second-order valence-electron chi connectivity index (χ2n) is 7.85. The fourth-order valence-corrected chi connectivity index (χ4v) is 4.06. The minimum absolute atomic E-state index is 0.143. The molecule has 3 aromatic rings. The first-order valence-corrected chi connectivity index (χ1v) is 11.5. The van der Waals surface area contributed by atoms with Gasteiger partial charge in [0.1, 0.15) is 5.75 Å². The van der Waals surface area contributed by atoms with Crippen LogP contribution in [0.15, 0.2) is 42.0 Å². The Morgan fingerprint density at radius 1 is 1.15 bits per heavy atom. The van der Waals surface area contributed by atoms with Crippen molar-refractivity contribution in [3.8, 4) is 17.0 Å². The van der Waals surface area contributed by atoms with Crippen molar-refractivity contribution in [2.45, 2.75) is 38.8 Å². The van der Waals surface area contributed by atoms with Gasteiger partial charge in [0.25, 0.3) is 5.91 Å². The molecular weight excluding hydrogens is 451 g/mol. The first kappa shape index (κ1) is 24.7. The summed E-state index contributed by atoms with van der Waals surface area (Å²) in [6.07, 6.45) is 1.45. The van der Waals surface area contributed by atoms with Crippen LogP contribution in [0.4, 0.5) is 13.2 Å². The zero-order chi connectivity index (χ0) is 24.0. The Balaban J connectivity index is 1.78. The standard InChI is InChI=1S/C24H26F3N3O2S/c1-4-5-6-9-32-21-8-7-16(10-19(21)24(25,26)27)11-22-29-20(15-33-22)17-12-18(14-28-13-17)23(31)30(2)3/h7-8,10,12-15H,4-6,9,11H2,1-3H3. The van der Waals surface area contributed by atoms with Crippen LogP contribution >= 0.6 is 11.3 Å². The molecule has 176 valence electrons. The number of ether oxygens (including phenoxy) is 1. The predicted molar refractivity (Wildman–Crippen MR) is 123 cm³/mol. The number of pyridine rings is 1. The molecule has 0 aliphatic heterocycles. The lowest BCUT2D eigenvalue weighted by Crippen LogP contribution is -2.21. The second-order valence-corrected chi connectivity index (χ2v) is 8.79. The molecule has 0 aliphatic rings. The second kappa shape index (κ2) is 10.8. The maximum absolute atomic E-state index is 13.6. The Morgan fingerprint density at radius 2 is 1.94 bits per heavy atom. The number of thiazole rings is 1. The highest BCUT2D eigenvalue weighted by Crippen LogP contribution is 2.37.